The molecule has 1 heterocycles. The van der Waals surface area contributed by atoms with Gasteiger partial charge in [-0.25, -0.2) is 13.1 Å². The molecule has 0 aliphatic rings. The van der Waals surface area contributed by atoms with Gasteiger partial charge in [0.15, 0.2) is 0 Å². The van der Waals surface area contributed by atoms with Gasteiger partial charge in [0.05, 0.1) is 4.90 Å². The molecule has 0 saturated carbocycles. The van der Waals surface area contributed by atoms with Gasteiger partial charge < -0.3 is 4.98 Å². The minimum absolute atomic E-state index is 0.331. The van der Waals surface area contributed by atoms with E-state index < -0.39 is 15.6 Å². The number of fused-ring (bicyclic) bond motifs is 1. The van der Waals surface area contributed by atoms with Gasteiger partial charge in [0, 0.05) is 22.6 Å². The molecule has 0 radical (unpaired) electrons. The van der Waals surface area contributed by atoms with Gasteiger partial charge in [0.1, 0.15) is 0 Å². The largest absolute Gasteiger partial charge is 0.361 e. The molecule has 1 aromatic heterocycles. The summed E-state index contributed by atoms with van der Waals surface area (Å²) in [6.07, 6.45) is 2.55. The van der Waals surface area contributed by atoms with Crippen LogP contribution in [0.15, 0.2) is 59.6 Å². The van der Waals surface area contributed by atoms with E-state index in [4.69, 9.17) is 0 Å². The fraction of sp³-hybridized carbons (Fsp3) is 0.263. The molecule has 0 aliphatic carbocycles. The summed E-state index contributed by atoms with van der Waals surface area (Å²) < 4.78 is 28.3. The number of para-hydroxylation sites is 1. The van der Waals surface area contributed by atoms with Gasteiger partial charge in [-0.05, 0) is 50.5 Å². The van der Waals surface area contributed by atoms with E-state index in [1.807, 2.05) is 50.4 Å². The number of H-pyrrole nitrogens is 1. The molecule has 5 heteroatoms. The number of aryl methyl sites for hydroxylation is 1. The monoisotopic (exact) mass is 342 g/mol. The number of sulfonamides is 1. The van der Waals surface area contributed by atoms with E-state index in [2.05, 4.69) is 9.71 Å². The molecular formula is C19H22N2O2S. The minimum atomic E-state index is -3.57. The second kappa shape index (κ2) is 6.07. The minimum Gasteiger partial charge on any atom is -0.361 e. The lowest BCUT2D eigenvalue weighted by Crippen LogP contribution is -2.45. The topological polar surface area (TPSA) is 62.0 Å². The molecule has 0 aliphatic heterocycles. The SMILES string of the molecule is Cc1ccccc1S(=O)(=O)NC(C)(C)Cc1c[nH]c2ccccc12. The summed E-state index contributed by atoms with van der Waals surface area (Å²) in [4.78, 5) is 3.57. The van der Waals surface area contributed by atoms with E-state index in [1.54, 1.807) is 25.1 Å². The van der Waals surface area contributed by atoms with Crippen molar-refractivity contribution < 1.29 is 8.42 Å². The molecule has 24 heavy (non-hydrogen) atoms. The summed E-state index contributed by atoms with van der Waals surface area (Å²) in [5.41, 5.74) is 2.30. The van der Waals surface area contributed by atoms with Gasteiger partial charge in [-0.3, -0.25) is 0 Å². The van der Waals surface area contributed by atoms with Crippen LogP contribution < -0.4 is 4.72 Å². The number of nitrogens with one attached hydrogen (secondary N) is 2. The Balaban J connectivity index is 1.87. The van der Waals surface area contributed by atoms with Crippen molar-refractivity contribution >= 4 is 20.9 Å². The molecule has 3 rings (SSSR count). The highest BCUT2D eigenvalue weighted by Gasteiger charge is 2.28. The standard InChI is InChI=1S/C19H22N2O2S/c1-14-8-4-7-11-18(14)24(22,23)21-19(2,3)12-15-13-20-17-10-6-5-9-16(15)17/h4-11,13,20-21H,12H2,1-3H3. The van der Waals surface area contributed by atoms with Crippen molar-refractivity contribution in [1.82, 2.24) is 9.71 Å². The van der Waals surface area contributed by atoms with Crippen molar-refractivity contribution in [2.45, 2.75) is 37.6 Å². The van der Waals surface area contributed by atoms with Gasteiger partial charge in [-0.15, -0.1) is 0 Å². The van der Waals surface area contributed by atoms with Crippen LogP contribution in [0.1, 0.15) is 25.0 Å². The second-order valence-corrected chi connectivity index (χ2v) is 8.44. The molecule has 0 saturated heterocycles. The van der Waals surface area contributed by atoms with Crippen molar-refractivity contribution in [3.05, 3.63) is 65.9 Å². The Hall–Kier alpha value is -2.11. The molecule has 0 bridgehead atoms. The molecule has 0 atom stereocenters. The Morgan fingerprint density at radius 1 is 1.04 bits per heavy atom. The van der Waals surface area contributed by atoms with Gasteiger partial charge in [0.2, 0.25) is 10.0 Å². The zero-order chi connectivity index (χ0) is 17.4. The maximum absolute atomic E-state index is 12.7. The summed E-state index contributed by atoms with van der Waals surface area (Å²) in [6, 6.07) is 15.1. The summed E-state index contributed by atoms with van der Waals surface area (Å²) in [5, 5.41) is 1.13. The van der Waals surface area contributed by atoms with E-state index >= 15 is 0 Å². The van der Waals surface area contributed by atoms with Crippen LogP contribution in [0.25, 0.3) is 10.9 Å². The Morgan fingerprint density at radius 3 is 2.46 bits per heavy atom. The summed E-state index contributed by atoms with van der Waals surface area (Å²) >= 11 is 0. The molecule has 2 aromatic carbocycles. The van der Waals surface area contributed by atoms with Gasteiger partial charge in [-0.1, -0.05) is 36.4 Å². The number of hydrogen-bond acceptors (Lipinski definition) is 2. The van der Waals surface area contributed by atoms with Crippen LogP contribution in [-0.2, 0) is 16.4 Å². The van der Waals surface area contributed by atoms with Crippen LogP contribution >= 0.6 is 0 Å². The lowest BCUT2D eigenvalue weighted by Gasteiger charge is -2.26. The third-order valence-corrected chi connectivity index (χ3v) is 5.96. The van der Waals surface area contributed by atoms with E-state index in [0.29, 0.717) is 11.3 Å². The Kier molecular flexibility index (Phi) is 4.24. The van der Waals surface area contributed by atoms with Crippen LogP contribution in [0.4, 0.5) is 0 Å². The van der Waals surface area contributed by atoms with Crippen LogP contribution in [0.2, 0.25) is 0 Å². The number of aromatic nitrogens is 1. The number of rotatable bonds is 5. The maximum atomic E-state index is 12.7. The van der Waals surface area contributed by atoms with Crippen molar-refractivity contribution in [2.24, 2.45) is 0 Å². The predicted molar refractivity (Wildman–Crippen MR) is 97.6 cm³/mol. The first-order valence-corrected chi connectivity index (χ1v) is 9.41. The fourth-order valence-corrected chi connectivity index (χ4v) is 4.73. The predicted octanol–water partition coefficient (Wildman–Crippen LogP) is 3.78. The highest BCUT2D eigenvalue weighted by Crippen LogP contribution is 2.24. The summed E-state index contributed by atoms with van der Waals surface area (Å²) in [6.45, 7) is 5.62. The van der Waals surface area contributed by atoms with Crippen LogP contribution in [0, 0.1) is 6.92 Å². The third kappa shape index (κ3) is 3.37. The molecule has 126 valence electrons. The van der Waals surface area contributed by atoms with Gasteiger partial charge in [-0.2, -0.15) is 0 Å². The molecule has 2 N–H and O–H groups in total. The van der Waals surface area contributed by atoms with E-state index in [9.17, 15) is 8.42 Å². The lowest BCUT2D eigenvalue weighted by atomic mass is 9.96. The zero-order valence-electron chi connectivity index (χ0n) is 14.1. The summed E-state index contributed by atoms with van der Waals surface area (Å²) in [7, 11) is -3.57. The normalized spacial score (nSPS) is 12.6. The van der Waals surface area contributed by atoms with Gasteiger partial charge in [0.25, 0.3) is 0 Å². The second-order valence-electron chi connectivity index (χ2n) is 6.79. The highest BCUT2D eigenvalue weighted by molar-refractivity contribution is 7.89. The first kappa shape index (κ1) is 16.7. The fourth-order valence-electron chi connectivity index (χ4n) is 3.07. The first-order chi connectivity index (χ1) is 11.3. The third-order valence-electron chi connectivity index (χ3n) is 4.10. The van der Waals surface area contributed by atoms with Crippen LogP contribution in [-0.4, -0.2) is 18.9 Å². The molecule has 0 fully saturated rings. The van der Waals surface area contributed by atoms with Crippen molar-refractivity contribution in [3.63, 3.8) is 0 Å². The zero-order valence-corrected chi connectivity index (χ0v) is 14.9. The van der Waals surface area contributed by atoms with Crippen LogP contribution in [0.5, 0.6) is 0 Å². The number of hydrogen-bond donors (Lipinski definition) is 2. The summed E-state index contributed by atoms with van der Waals surface area (Å²) in [5.74, 6) is 0. The first-order valence-electron chi connectivity index (χ1n) is 7.93. The Morgan fingerprint density at radius 2 is 1.71 bits per heavy atom. The molecular weight excluding hydrogens is 320 g/mol. The molecule has 3 aromatic rings. The lowest BCUT2D eigenvalue weighted by molar-refractivity contribution is 0.451. The van der Waals surface area contributed by atoms with Crippen molar-refractivity contribution in [3.8, 4) is 0 Å². The Labute approximate surface area is 143 Å². The maximum Gasteiger partial charge on any atom is 0.241 e. The average Bonchev–Trinajstić information content (AvgIpc) is 2.89. The molecule has 0 unspecified atom stereocenters. The van der Waals surface area contributed by atoms with Crippen LogP contribution in [0.3, 0.4) is 0 Å². The molecule has 4 nitrogen and oxygen atoms in total. The van der Waals surface area contributed by atoms with E-state index in [1.165, 1.54) is 0 Å². The molecule has 0 spiro atoms. The quantitative estimate of drug-likeness (QED) is 0.741. The van der Waals surface area contributed by atoms with Crippen molar-refractivity contribution in [1.29, 1.82) is 0 Å². The van der Waals surface area contributed by atoms with Crippen molar-refractivity contribution in [2.75, 3.05) is 0 Å². The van der Waals surface area contributed by atoms with E-state index in [-0.39, 0.29) is 0 Å². The molecule has 0 amide bonds. The van der Waals surface area contributed by atoms with E-state index in [0.717, 1.165) is 22.0 Å². The smallest absolute Gasteiger partial charge is 0.241 e. The Bertz CT molecular complexity index is 972. The highest BCUT2D eigenvalue weighted by atomic mass is 32.2. The average molecular weight is 342 g/mol. The van der Waals surface area contributed by atoms with Gasteiger partial charge >= 0.3 is 0 Å². The number of aromatic amines is 1. The number of benzene rings is 2.